The van der Waals surface area contributed by atoms with Crippen LogP contribution in [-0.2, 0) is 18.3 Å². The molecule has 1 aromatic heterocycles. The van der Waals surface area contributed by atoms with Crippen LogP contribution in [0.25, 0.3) is 11.3 Å². The van der Waals surface area contributed by atoms with Crippen LogP contribution in [0.15, 0.2) is 67.3 Å². The maximum atomic E-state index is 10.6. The predicted molar refractivity (Wildman–Crippen MR) is 137 cm³/mol. The fourth-order valence-corrected chi connectivity index (χ4v) is 3.84. The van der Waals surface area contributed by atoms with E-state index in [1.807, 2.05) is 49.5 Å². The Labute approximate surface area is 203 Å². The van der Waals surface area contributed by atoms with Crippen molar-refractivity contribution in [2.45, 2.75) is 45.9 Å². The van der Waals surface area contributed by atoms with E-state index in [2.05, 4.69) is 44.4 Å². The van der Waals surface area contributed by atoms with Crippen molar-refractivity contribution in [3.63, 3.8) is 0 Å². The van der Waals surface area contributed by atoms with E-state index in [4.69, 9.17) is 14.6 Å². The van der Waals surface area contributed by atoms with Crippen LogP contribution in [0.5, 0.6) is 11.6 Å². The molecule has 2 atom stereocenters. The molecule has 0 radical (unpaired) electrons. The Balaban J connectivity index is 1.96. The van der Waals surface area contributed by atoms with E-state index in [0.717, 1.165) is 29.0 Å². The van der Waals surface area contributed by atoms with Crippen molar-refractivity contribution in [3.05, 3.63) is 78.4 Å². The lowest BCUT2D eigenvalue weighted by Crippen LogP contribution is -2.40. The summed E-state index contributed by atoms with van der Waals surface area (Å²) in [5, 5.41) is 15.5. The maximum Gasteiger partial charge on any atom is 0.222 e. The summed E-state index contributed by atoms with van der Waals surface area (Å²) in [6.45, 7) is 11.8. The Morgan fingerprint density at radius 2 is 1.85 bits per heavy atom. The average Bonchev–Trinajstić information content (AvgIpc) is 3.15. The first-order chi connectivity index (χ1) is 16.4. The van der Waals surface area contributed by atoms with Crippen molar-refractivity contribution < 1.29 is 14.6 Å². The lowest BCUT2D eigenvalue weighted by molar-refractivity contribution is 0.0156. The summed E-state index contributed by atoms with van der Waals surface area (Å²) in [5.41, 5.74) is 4.09. The number of hydrogen-bond acceptors (Lipinski definition) is 5. The summed E-state index contributed by atoms with van der Waals surface area (Å²) < 4.78 is 13.7. The Hall–Kier alpha value is -2.93. The minimum atomic E-state index is -0.604. The van der Waals surface area contributed by atoms with Gasteiger partial charge in [-0.05, 0) is 32.4 Å². The number of rotatable bonds is 13. The first-order valence-electron chi connectivity index (χ1n) is 11.9. The van der Waals surface area contributed by atoms with Gasteiger partial charge in [-0.2, -0.15) is 5.10 Å². The molecule has 6 nitrogen and oxygen atoms in total. The number of nitrogens with zero attached hydrogens (tertiary/aromatic N) is 3. The number of aryl methyl sites for hydroxylation is 2. The Bertz CT molecular complexity index is 1030. The number of hydrogen-bond donors (Lipinski definition) is 1. The second-order valence-corrected chi connectivity index (χ2v) is 8.70. The monoisotopic (exact) mass is 463 g/mol. The van der Waals surface area contributed by atoms with Gasteiger partial charge < -0.3 is 14.6 Å². The van der Waals surface area contributed by atoms with E-state index in [-0.39, 0.29) is 12.6 Å². The van der Waals surface area contributed by atoms with Gasteiger partial charge in [0, 0.05) is 31.7 Å². The van der Waals surface area contributed by atoms with E-state index in [9.17, 15) is 5.11 Å². The maximum absolute atomic E-state index is 10.6. The van der Waals surface area contributed by atoms with Gasteiger partial charge in [0.15, 0.2) is 0 Å². The van der Waals surface area contributed by atoms with Gasteiger partial charge in [0.1, 0.15) is 11.4 Å². The molecule has 0 bridgehead atoms. The minimum absolute atomic E-state index is 0.255. The molecular formula is C28H37N3O3. The molecule has 0 spiro atoms. The van der Waals surface area contributed by atoms with Crippen LogP contribution in [0.1, 0.15) is 31.4 Å². The predicted octanol–water partition coefficient (Wildman–Crippen LogP) is 5.35. The molecule has 3 rings (SSSR count). The SMILES string of the molecule is C=CCOC[C@@H](O)CN(Cc1c(-c2ccccc2)nn(C)c1Oc1ccc(C)cc1)[C@H](C)CC. The van der Waals surface area contributed by atoms with Crippen LogP contribution in [0.2, 0.25) is 0 Å². The second kappa shape index (κ2) is 12.5. The summed E-state index contributed by atoms with van der Waals surface area (Å²) in [5.74, 6) is 1.47. The van der Waals surface area contributed by atoms with Crippen LogP contribution in [0, 0.1) is 6.92 Å². The molecule has 34 heavy (non-hydrogen) atoms. The molecule has 0 amide bonds. The van der Waals surface area contributed by atoms with Crippen molar-refractivity contribution >= 4 is 0 Å². The van der Waals surface area contributed by atoms with Crippen LogP contribution in [-0.4, -0.2) is 51.7 Å². The van der Waals surface area contributed by atoms with Crippen molar-refractivity contribution in [1.82, 2.24) is 14.7 Å². The summed E-state index contributed by atoms with van der Waals surface area (Å²) in [7, 11) is 1.91. The molecule has 6 heteroatoms. The topological polar surface area (TPSA) is 59.8 Å². The van der Waals surface area contributed by atoms with Gasteiger partial charge in [0.2, 0.25) is 5.88 Å². The molecule has 0 fully saturated rings. The van der Waals surface area contributed by atoms with Crippen LogP contribution < -0.4 is 4.74 Å². The molecule has 2 aromatic carbocycles. The van der Waals surface area contributed by atoms with E-state index in [0.29, 0.717) is 25.6 Å². The zero-order valence-electron chi connectivity index (χ0n) is 20.8. The molecule has 0 unspecified atom stereocenters. The second-order valence-electron chi connectivity index (χ2n) is 8.70. The summed E-state index contributed by atoms with van der Waals surface area (Å²) >= 11 is 0. The van der Waals surface area contributed by atoms with Crippen molar-refractivity contribution in [2.24, 2.45) is 7.05 Å². The molecule has 1 heterocycles. The highest BCUT2D eigenvalue weighted by Gasteiger charge is 2.25. The van der Waals surface area contributed by atoms with Gasteiger partial charge >= 0.3 is 0 Å². The molecule has 1 N–H and O–H groups in total. The van der Waals surface area contributed by atoms with Gasteiger partial charge in [-0.15, -0.1) is 6.58 Å². The smallest absolute Gasteiger partial charge is 0.222 e. The lowest BCUT2D eigenvalue weighted by atomic mass is 10.1. The highest BCUT2D eigenvalue weighted by Crippen LogP contribution is 2.34. The first-order valence-corrected chi connectivity index (χ1v) is 11.9. The molecule has 3 aromatic rings. The number of benzene rings is 2. The third-order valence-electron chi connectivity index (χ3n) is 5.94. The highest BCUT2D eigenvalue weighted by atomic mass is 16.5. The Morgan fingerprint density at radius 1 is 1.15 bits per heavy atom. The van der Waals surface area contributed by atoms with Crippen molar-refractivity contribution in [2.75, 3.05) is 19.8 Å². The normalized spacial score (nSPS) is 13.1. The van der Waals surface area contributed by atoms with E-state index < -0.39 is 6.10 Å². The number of aliphatic hydroxyl groups is 1. The van der Waals surface area contributed by atoms with Crippen molar-refractivity contribution in [1.29, 1.82) is 0 Å². The fraction of sp³-hybridized carbons (Fsp3) is 0.393. The Kier molecular flexibility index (Phi) is 9.45. The number of aromatic nitrogens is 2. The Morgan fingerprint density at radius 3 is 2.50 bits per heavy atom. The van der Waals surface area contributed by atoms with Gasteiger partial charge in [0.25, 0.3) is 0 Å². The van der Waals surface area contributed by atoms with E-state index in [1.165, 1.54) is 5.56 Å². The summed E-state index contributed by atoms with van der Waals surface area (Å²) in [4.78, 5) is 2.27. The van der Waals surface area contributed by atoms with Gasteiger partial charge in [-0.1, -0.05) is 61.0 Å². The van der Waals surface area contributed by atoms with Crippen LogP contribution in [0.3, 0.4) is 0 Å². The third kappa shape index (κ3) is 6.79. The van der Waals surface area contributed by atoms with E-state index in [1.54, 1.807) is 10.8 Å². The molecule has 0 saturated carbocycles. The van der Waals surface area contributed by atoms with E-state index >= 15 is 0 Å². The lowest BCUT2D eigenvalue weighted by Gasteiger charge is -2.30. The minimum Gasteiger partial charge on any atom is -0.439 e. The first kappa shape index (κ1) is 25.7. The number of ether oxygens (including phenoxy) is 2. The van der Waals surface area contributed by atoms with Gasteiger partial charge in [0.05, 0.1) is 24.9 Å². The molecule has 0 aliphatic carbocycles. The standard InChI is InChI=1S/C28H37N3O3/c1-6-17-33-20-24(32)18-31(22(4)7-2)19-26-27(23-11-9-8-10-12-23)29-30(5)28(26)34-25-15-13-21(3)14-16-25/h6,8-16,22,24,32H,1,7,17-20H2,2-5H3/t22-,24+/m1/s1. The summed E-state index contributed by atoms with van der Waals surface area (Å²) in [6.07, 6.45) is 2.04. The quantitative estimate of drug-likeness (QED) is 0.273. The summed E-state index contributed by atoms with van der Waals surface area (Å²) in [6, 6.07) is 18.4. The van der Waals surface area contributed by atoms with Crippen LogP contribution >= 0.6 is 0 Å². The number of aliphatic hydroxyl groups excluding tert-OH is 1. The zero-order valence-corrected chi connectivity index (χ0v) is 20.8. The molecule has 0 aliphatic heterocycles. The van der Waals surface area contributed by atoms with Gasteiger partial charge in [-0.25, -0.2) is 4.68 Å². The zero-order chi connectivity index (χ0) is 24.5. The molecule has 0 aliphatic rings. The largest absolute Gasteiger partial charge is 0.439 e. The highest BCUT2D eigenvalue weighted by molar-refractivity contribution is 5.65. The fourth-order valence-electron chi connectivity index (χ4n) is 3.84. The van der Waals surface area contributed by atoms with Crippen LogP contribution in [0.4, 0.5) is 0 Å². The average molecular weight is 464 g/mol. The van der Waals surface area contributed by atoms with Crippen molar-refractivity contribution in [3.8, 4) is 22.9 Å². The molecule has 182 valence electrons. The molecular weight excluding hydrogens is 426 g/mol. The molecule has 0 saturated heterocycles. The van der Waals surface area contributed by atoms with Gasteiger partial charge in [-0.3, -0.25) is 4.90 Å². The third-order valence-corrected chi connectivity index (χ3v) is 5.94.